The quantitative estimate of drug-likeness (QED) is 0.641. The third kappa shape index (κ3) is 3.87. The van der Waals surface area contributed by atoms with Gasteiger partial charge >= 0.3 is 0 Å². The Morgan fingerprint density at radius 3 is 2.35 bits per heavy atom. The lowest BCUT2D eigenvalue weighted by molar-refractivity contribution is 0.103. The first-order chi connectivity index (χ1) is 12.8. The maximum Gasteiger partial charge on any atom is 0.193 e. The SMILES string of the molecule is O=C(c1ccc(OC[C@H]2CCCN2)cc1)c1ccc(-c2ccsc2)cc1. The summed E-state index contributed by atoms with van der Waals surface area (Å²) < 4.78 is 5.81. The Hall–Kier alpha value is -2.43. The Labute approximate surface area is 157 Å². The van der Waals surface area contributed by atoms with Crippen molar-refractivity contribution >= 4 is 17.1 Å². The highest BCUT2D eigenvalue weighted by atomic mass is 32.1. The van der Waals surface area contributed by atoms with Gasteiger partial charge in [0.05, 0.1) is 0 Å². The molecule has 0 saturated carbocycles. The van der Waals surface area contributed by atoms with Crippen LogP contribution >= 0.6 is 11.3 Å². The molecule has 0 unspecified atom stereocenters. The van der Waals surface area contributed by atoms with Crippen molar-refractivity contribution in [2.45, 2.75) is 18.9 Å². The number of thiophene rings is 1. The van der Waals surface area contributed by atoms with Crippen molar-refractivity contribution in [2.75, 3.05) is 13.2 Å². The van der Waals surface area contributed by atoms with Gasteiger partial charge in [-0.15, -0.1) is 0 Å². The van der Waals surface area contributed by atoms with Crippen molar-refractivity contribution in [1.29, 1.82) is 0 Å². The number of rotatable bonds is 6. The maximum atomic E-state index is 12.7. The average molecular weight is 363 g/mol. The average Bonchev–Trinajstić information content (AvgIpc) is 3.40. The van der Waals surface area contributed by atoms with Crippen molar-refractivity contribution in [2.24, 2.45) is 0 Å². The molecule has 26 heavy (non-hydrogen) atoms. The van der Waals surface area contributed by atoms with Crippen LogP contribution in [0.5, 0.6) is 5.75 Å². The van der Waals surface area contributed by atoms with Crippen LogP contribution in [0.4, 0.5) is 0 Å². The molecule has 3 aromatic rings. The Balaban J connectivity index is 1.41. The topological polar surface area (TPSA) is 38.3 Å². The van der Waals surface area contributed by atoms with E-state index in [9.17, 15) is 4.79 Å². The molecule has 3 nitrogen and oxygen atoms in total. The number of hydrogen-bond acceptors (Lipinski definition) is 4. The lowest BCUT2D eigenvalue weighted by Gasteiger charge is -2.12. The van der Waals surface area contributed by atoms with E-state index < -0.39 is 0 Å². The van der Waals surface area contributed by atoms with E-state index in [0.717, 1.165) is 24.3 Å². The number of ether oxygens (including phenoxy) is 1. The number of carbonyl (C=O) groups is 1. The first-order valence-corrected chi connectivity index (χ1v) is 9.87. The summed E-state index contributed by atoms with van der Waals surface area (Å²) in [6, 6.07) is 17.8. The summed E-state index contributed by atoms with van der Waals surface area (Å²) in [5.41, 5.74) is 3.70. The Morgan fingerprint density at radius 1 is 1.00 bits per heavy atom. The van der Waals surface area contributed by atoms with Crippen molar-refractivity contribution in [3.63, 3.8) is 0 Å². The first kappa shape index (κ1) is 17.0. The second-order valence-corrected chi connectivity index (χ2v) is 7.33. The molecule has 2 aromatic carbocycles. The predicted molar refractivity (Wildman–Crippen MR) is 106 cm³/mol. The van der Waals surface area contributed by atoms with E-state index in [0.29, 0.717) is 23.8 Å². The highest BCUT2D eigenvalue weighted by Gasteiger charge is 2.15. The van der Waals surface area contributed by atoms with Gasteiger partial charge < -0.3 is 10.1 Å². The summed E-state index contributed by atoms with van der Waals surface area (Å²) in [4.78, 5) is 12.7. The van der Waals surface area contributed by atoms with Crippen molar-refractivity contribution in [3.05, 3.63) is 76.5 Å². The van der Waals surface area contributed by atoms with E-state index in [2.05, 4.69) is 22.1 Å². The molecule has 0 amide bonds. The van der Waals surface area contributed by atoms with Gasteiger partial charge in [0.25, 0.3) is 0 Å². The fraction of sp³-hybridized carbons (Fsp3) is 0.227. The summed E-state index contributed by atoms with van der Waals surface area (Å²) in [7, 11) is 0. The lowest BCUT2D eigenvalue weighted by Crippen LogP contribution is -2.28. The zero-order valence-corrected chi connectivity index (χ0v) is 15.3. The highest BCUT2D eigenvalue weighted by molar-refractivity contribution is 7.08. The van der Waals surface area contributed by atoms with E-state index in [4.69, 9.17) is 4.74 Å². The molecule has 1 N–H and O–H groups in total. The molecule has 1 fully saturated rings. The van der Waals surface area contributed by atoms with Gasteiger partial charge in [0.1, 0.15) is 12.4 Å². The molecular weight excluding hydrogens is 342 g/mol. The molecule has 1 aromatic heterocycles. The zero-order chi connectivity index (χ0) is 17.8. The number of carbonyl (C=O) groups excluding carboxylic acids is 1. The molecule has 1 aliphatic rings. The standard InChI is InChI=1S/C22H21NO2S/c24-22(17-5-3-16(4-6-17)19-11-13-26-15-19)18-7-9-21(10-8-18)25-14-20-2-1-12-23-20/h3-11,13,15,20,23H,1-2,12,14H2/t20-/m1/s1. The minimum Gasteiger partial charge on any atom is -0.492 e. The summed E-state index contributed by atoms with van der Waals surface area (Å²) in [5.74, 6) is 0.842. The van der Waals surface area contributed by atoms with Gasteiger partial charge in [0.15, 0.2) is 5.78 Å². The third-order valence-electron chi connectivity index (χ3n) is 4.73. The van der Waals surface area contributed by atoms with E-state index in [1.807, 2.05) is 48.5 Å². The Morgan fingerprint density at radius 2 is 1.73 bits per heavy atom. The number of hydrogen-bond donors (Lipinski definition) is 1. The van der Waals surface area contributed by atoms with Crippen molar-refractivity contribution in [3.8, 4) is 16.9 Å². The van der Waals surface area contributed by atoms with Gasteiger partial charge in [-0.25, -0.2) is 0 Å². The fourth-order valence-electron chi connectivity index (χ4n) is 3.21. The van der Waals surface area contributed by atoms with Gasteiger partial charge in [-0.1, -0.05) is 24.3 Å². The lowest BCUT2D eigenvalue weighted by atomic mass is 10.0. The molecular formula is C22H21NO2S. The molecule has 132 valence electrons. The highest BCUT2D eigenvalue weighted by Crippen LogP contribution is 2.23. The van der Waals surface area contributed by atoms with E-state index >= 15 is 0 Å². The summed E-state index contributed by atoms with van der Waals surface area (Å²) in [5, 5.41) is 7.58. The minimum absolute atomic E-state index is 0.0332. The fourth-order valence-corrected chi connectivity index (χ4v) is 3.87. The van der Waals surface area contributed by atoms with Crippen LogP contribution in [0.3, 0.4) is 0 Å². The van der Waals surface area contributed by atoms with Gasteiger partial charge in [0.2, 0.25) is 0 Å². The molecule has 1 aliphatic heterocycles. The van der Waals surface area contributed by atoms with Gasteiger partial charge in [-0.05, 0) is 71.6 Å². The monoisotopic (exact) mass is 363 g/mol. The molecule has 0 spiro atoms. The zero-order valence-electron chi connectivity index (χ0n) is 14.5. The normalized spacial score (nSPS) is 16.5. The van der Waals surface area contributed by atoms with Crippen LogP contribution in [-0.4, -0.2) is 25.0 Å². The van der Waals surface area contributed by atoms with E-state index in [1.54, 1.807) is 11.3 Å². The van der Waals surface area contributed by atoms with Crippen molar-refractivity contribution < 1.29 is 9.53 Å². The Kier molecular flexibility index (Phi) is 5.14. The smallest absolute Gasteiger partial charge is 0.193 e. The van der Waals surface area contributed by atoms with Gasteiger partial charge in [-0.3, -0.25) is 4.79 Å². The Bertz CT molecular complexity index is 848. The molecule has 0 bridgehead atoms. The van der Waals surface area contributed by atoms with Crippen LogP contribution in [0.25, 0.3) is 11.1 Å². The predicted octanol–water partition coefficient (Wildman–Crippen LogP) is 4.78. The third-order valence-corrected chi connectivity index (χ3v) is 5.41. The number of nitrogens with one attached hydrogen (secondary N) is 1. The maximum absolute atomic E-state index is 12.7. The number of ketones is 1. The van der Waals surface area contributed by atoms with Crippen LogP contribution in [0.1, 0.15) is 28.8 Å². The molecule has 2 heterocycles. The molecule has 0 aliphatic carbocycles. The second kappa shape index (κ2) is 7.85. The molecule has 4 heteroatoms. The number of benzene rings is 2. The second-order valence-electron chi connectivity index (χ2n) is 6.55. The summed E-state index contributed by atoms with van der Waals surface area (Å²) in [6.07, 6.45) is 2.38. The van der Waals surface area contributed by atoms with E-state index in [-0.39, 0.29) is 5.78 Å². The largest absolute Gasteiger partial charge is 0.492 e. The van der Waals surface area contributed by atoms with Crippen LogP contribution in [-0.2, 0) is 0 Å². The van der Waals surface area contributed by atoms with Gasteiger partial charge in [0, 0.05) is 17.2 Å². The van der Waals surface area contributed by atoms with Crippen molar-refractivity contribution in [1.82, 2.24) is 5.32 Å². The first-order valence-electron chi connectivity index (χ1n) is 8.93. The summed E-state index contributed by atoms with van der Waals surface area (Å²) >= 11 is 1.67. The van der Waals surface area contributed by atoms with E-state index in [1.165, 1.54) is 12.0 Å². The van der Waals surface area contributed by atoms with Crippen LogP contribution in [0, 0.1) is 0 Å². The van der Waals surface area contributed by atoms with Gasteiger partial charge in [-0.2, -0.15) is 11.3 Å². The van der Waals surface area contributed by atoms with Crippen LogP contribution in [0.15, 0.2) is 65.4 Å². The molecule has 1 atom stereocenters. The minimum atomic E-state index is 0.0332. The summed E-state index contributed by atoms with van der Waals surface area (Å²) in [6.45, 7) is 1.75. The molecule has 0 radical (unpaired) electrons. The van der Waals surface area contributed by atoms with Crippen LogP contribution < -0.4 is 10.1 Å². The molecule has 4 rings (SSSR count). The van der Waals surface area contributed by atoms with Crippen LogP contribution in [0.2, 0.25) is 0 Å². The molecule has 1 saturated heterocycles.